The Balaban J connectivity index is 1.86. The van der Waals surface area contributed by atoms with E-state index in [1.807, 2.05) is 0 Å². The third-order valence-electron chi connectivity index (χ3n) is 3.96. The van der Waals surface area contributed by atoms with Gasteiger partial charge in [0.1, 0.15) is 0 Å². The van der Waals surface area contributed by atoms with Gasteiger partial charge in [-0.3, -0.25) is 0 Å². The van der Waals surface area contributed by atoms with E-state index in [0.29, 0.717) is 32.5 Å². The number of nitrogen functional groups attached to an aromatic ring is 1. The molecule has 0 saturated carbocycles. The summed E-state index contributed by atoms with van der Waals surface area (Å²) < 4.78 is 20.2. The van der Waals surface area contributed by atoms with Crippen LogP contribution >= 0.6 is 23.2 Å². The molecule has 4 nitrogen and oxygen atoms in total. The molecule has 2 aromatic heterocycles. The van der Waals surface area contributed by atoms with E-state index in [2.05, 4.69) is 9.97 Å². The van der Waals surface area contributed by atoms with Gasteiger partial charge >= 0.3 is 157 Å². The van der Waals surface area contributed by atoms with Crippen molar-refractivity contribution in [1.29, 1.82) is 0 Å². The Hall–Kier alpha value is -0.872. The van der Waals surface area contributed by atoms with Gasteiger partial charge in [0.15, 0.2) is 0 Å². The van der Waals surface area contributed by atoms with Gasteiger partial charge in [-0.25, -0.2) is 0 Å². The molecule has 0 aromatic carbocycles. The maximum atomic E-state index is 14.3. The molecule has 0 amide bonds. The Bertz CT molecular complexity index is 742. The molecule has 8 heteroatoms. The first-order chi connectivity index (χ1) is 11.5. The summed E-state index contributed by atoms with van der Waals surface area (Å²) in [6.07, 6.45) is 3.53. The molecular weight excluding hydrogens is 415 g/mol. The van der Waals surface area contributed by atoms with Crippen molar-refractivity contribution in [2.24, 2.45) is 5.92 Å². The number of hydrogen-bond acceptors (Lipinski definition) is 4. The molecule has 0 spiro atoms. The minimum absolute atomic E-state index is 0.224. The first-order valence-corrected chi connectivity index (χ1v) is 10.9. The first kappa shape index (κ1) is 17.9. The molecule has 0 aliphatic carbocycles. The van der Waals surface area contributed by atoms with Crippen molar-refractivity contribution in [2.45, 2.75) is 18.1 Å². The zero-order valence-corrected chi connectivity index (χ0v) is 16.5. The number of anilines is 1. The summed E-state index contributed by atoms with van der Waals surface area (Å²) in [5, 5.41) is 1.61. The monoisotopic (exact) mass is 431 g/mol. The van der Waals surface area contributed by atoms with Crippen molar-refractivity contribution in [3.05, 3.63) is 34.2 Å². The van der Waals surface area contributed by atoms with E-state index in [-0.39, 0.29) is 10.8 Å². The third-order valence-corrected chi connectivity index (χ3v) is 7.63. The maximum absolute atomic E-state index is 14.3. The van der Waals surface area contributed by atoms with Crippen molar-refractivity contribution < 1.29 is 9.13 Å². The van der Waals surface area contributed by atoms with Gasteiger partial charge in [0.05, 0.1) is 0 Å². The van der Waals surface area contributed by atoms with E-state index in [1.54, 1.807) is 6.07 Å². The van der Waals surface area contributed by atoms with Gasteiger partial charge in [-0.15, -0.1) is 0 Å². The third kappa shape index (κ3) is 4.20. The Kier molecular flexibility index (Phi) is 5.98. The van der Waals surface area contributed by atoms with Gasteiger partial charge < -0.3 is 0 Å². The molecule has 3 heterocycles. The molecule has 1 saturated heterocycles. The molecule has 1 aliphatic heterocycles. The van der Waals surface area contributed by atoms with E-state index in [0.717, 1.165) is 31.3 Å². The Labute approximate surface area is 156 Å². The van der Waals surface area contributed by atoms with Gasteiger partial charge in [-0.2, -0.15) is 0 Å². The average Bonchev–Trinajstić information content (AvgIpc) is 2.57. The quantitative estimate of drug-likeness (QED) is 0.755. The van der Waals surface area contributed by atoms with Crippen LogP contribution in [0.4, 0.5) is 10.2 Å². The second kappa shape index (κ2) is 8.01. The van der Waals surface area contributed by atoms with Crippen LogP contribution in [0.3, 0.4) is 0 Å². The van der Waals surface area contributed by atoms with Crippen molar-refractivity contribution in [2.75, 3.05) is 18.9 Å². The average molecular weight is 432 g/mol. The Morgan fingerprint density at radius 2 is 2.00 bits per heavy atom. The fourth-order valence-electron chi connectivity index (χ4n) is 2.61. The molecule has 0 bridgehead atoms. The molecule has 3 rings (SSSR count). The molecule has 1 unspecified atom stereocenters. The molecule has 2 aromatic rings. The van der Waals surface area contributed by atoms with Crippen molar-refractivity contribution in [1.82, 2.24) is 9.97 Å². The SMILES string of the molecule is Nc1cc(-c2nc([AsH]CC3CCOCC3)c(F)cc2Cl)c(Cl)cn1. The zero-order valence-electron chi connectivity index (χ0n) is 12.9. The Morgan fingerprint density at radius 1 is 1.25 bits per heavy atom. The first-order valence-electron chi connectivity index (χ1n) is 7.63. The van der Waals surface area contributed by atoms with Crippen LogP contribution in [0.2, 0.25) is 15.3 Å². The van der Waals surface area contributed by atoms with Crippen LogP contribution in [0.5, 0.6) is 0 Å². The summed E-state index contributed by atoms with van der Waals surface area (Å²) in [7, 11) is 0. The van der Waals surface area contributed by atoms with Crippen LogP contribution < -0.4 is 10.2 Å². The van der Waals surface area contributed by atoms with Gasteiger partial charge in [-0.05, 0) is 0 Å². The molecule has 0 radical (unpaired) electrons. The van der Waals surface area contributed by atoms with E-state index in [1.165, 1.54) is 12.3 Å². The number of nitrogens with zero attached hydrogens (tertiary/aromatic N) is 2. The van der Waals surface area contributed by atoms with Crippen LogP contribution in [-0.2, 0) is 4.74 Å². The van der Waals surface area contributed by atoms with Crippen molar-refractivity contribution >= 4 is 49.3 Å². The number of ether oxygens (including phenoxy) is 1. The number of nitrogens with two attached hydrogens (primary N) is 1. The molecule has 128 valence electrons. The van der Waals surface area contributed by atoms with Crippen molar-refractivity contribution in [3.8, 4) is 11.3 Å². The summed E-state index contributed by atoms with van der Waals surface area (Å²) in [6.45, 7) is 1.59. The second-order valence-electron chi connectivity index (χ2n) is 5.67. The second-order valence-corrected chi connectivity index (χ2v) is 9.08. The summed E-state index contributed by atoms with van der Waals surface area (Å²) in [5.74, 6) is 0.574. The van der Waals surface area contributed by atoms with Crippen molar-refractivity contribution in [3.63, 3.8) is 0 Å². The van der Waals surface area contributed by atoms with Gasteiger partial charge in [0, 0.05) is 0 Å². The van der Waals surface area contributed by atoms with Crippen LogP contribution in [0.15, 0.2) is 18.3 Å². The summed E-state index contributed by atoms with van der Waals surface area (Å²) in [4.78, 5) is 8.41. The number of aromatic nitrogens is 2. The molecule has 1 atom stereocenters. The number of hydrogen-bond donors (Lipinski definition) is 1. The van der Waals surface area contributed by atoms with Crippen LogP contribution in [-0.4, -0.2) is 38.9 Å². The van der Waals surface area contributed by atoms with Crippen LogP contribution in [0, 0.1) is 11.7 Å². The standard InChI is InChI=1S/C16H17AsCl2FN3O/c18-11-6-13(20)16(17-7-9-1-3-24-4-2-9)23-15(11)10-5-14(21)22-8-12(10)19/h5-6,8-9,17H,1-4,7H2,(H2,21,22). The summed E-state index contributed by atoms with van der Waals surface area (Å²) in [6, 6.07) is 2.93. The normalized spacial score (nSPS) is 16.1. The van der Waals surface area contributed by atoms with Crippen LogP contribution in [0.1, 0.15) is 12.8 Å². The number of halogens is 3. The predicted molar refractivity (Wildman–Crippen MR) is 97.0 cm³/mol. The summed E-state index contributed by atoms with van der Waals surface area (Å²) >= 11 is 11.7. The predicted octanol–water partition coefficient (Wildman–Crippen LogP) is 3.08. The fourth-order valence-corrected chi connectivity index (χ4v) is 5.81. The van der Waals surface area contributed by atoms with Gasteiger partial charge in [0.2, 0.25) is 0 Å². The topological polar surface area (TPSA) is 61.0 Å². The van der Waals surface area contributed by atoms with E-state index >= 15 is 0 Å². The van der Waals surface area contributed by atoms with E-state index in [4.69, 9.17) is 33.7 Å². The van der Waals surface area contributed by atoms with Gasteiger partial charge in [-0.1, -0.05) is 0 Å². The molecule has 1 fully saturated rings. The minimum atomic E-state index is -0.700. The number of rotatable bonds is 4. The molecule has 24 heavy (non-hydrogen) atoms. The van der Waals surface area contributed by atoms with Gasteiger partial charge in [0.25, 0.3) is 0 Å². The van der Waals surface area contributed by atoms with E-state index in [9.17, 15) is 4.39 Å². The molecule has 1 aliphatic rings. The fraction of sp³-hybridized carbons (Fsp3) is 0.375. The Morgan fingerprint density at radius 3 is 2.75 bits per heavy atom. The van der Waals surface area contributed by atoms with Crippen LogP contribution in [0.25, 0.3) is 11.3 Å². The molecule has 2 N–H and O–H groups in total. The molecular formula is C16H17AsCl2FN3O. The number of pyridine rings is 2. The zero-order chi connectivity index (χ0) is 17.1. The van der Waals surface area contributed by atoms with E-state index < -0.39 is 15.8 Å². The summed E-state index contributed by atoms with van der Waals surface area (Å²) in [5.41, 5.74) is 6.76.